The SMILES string of the molecule is COc1ccc(-c2csc(NC(=O)CN3C(=O)c4ccccc4C3=O)n2)cc1F. The van der Waals surface area contributed by atoms with Crippen molar-refractivity contribution in [3.8, 4) is 17.0 Å². The van der Waals surface area contributed by atoms with E-state index in [-0.39, 0.29) is 22.0 Å². The zero-order chi connectivity index (χ0) is 20.5. The highest BCUT2D eigenvalue weighted by Gasteiger charge is 2.36. The number of fused-ring (bicyclic) bond motifs is 1. The van der Waals surface area contributed by atoms with Crippen molar-refractivity contribution < 1.29 is 23.5 Å². The van der Waals surface area contributed by atoms with E-state index in [1.807, 2.05) is 0 Å². The molecule has 0 saturated carbocycles. The molecule has 1 aromatic heterocycles. The molecular weight excluding hydrogens is 397 g/mol. The molecule has 4 rings (SSSR count). The number of ether oxygens (including phenoxy) is 1. The summed E-state index contributed by atoms with van der Waals surface area (Å²) in [5, 5.41) is 4.51. The van der Waals surface area contributed by atoms with Gasteiger partial charge in [0.1, 0.15) is 6.54 Å². The van der Waals surface area contributed by atoms with Crippen molar-refractivity contribution >= 4 is 34.2 Å². The van der Waals surface area contributed by atoms with Gasteiger partial charge in [-0.05, 0) is 30.3 Å². The van der Waals surface area contributed by atoms with Crippen LogP contribution in [-0.4, -0.2) is 41.3 Å². The van der Waals surface area contributed by atoms with Crippen LogP contribution in [0.3, 0.4) is 0 Å². The first kappa shape index (κ1) is 18.8. The van der Waals surface area contributed by atoms with E-state index in [4.69, 9.17) is 4.74 Å². The zero-order valence-corrected chi connectivity index (χ0v) is 16.0. The Hall–Kier alpha value is -3.59. The molecular formula is C20H14FN3O4S. The summed E-state index contributed by atoms with van der Waals surface area (Å²) in [7, 11) is 1.38. The van der Waals surface area contributed by atoms with Gasteiger partial charge in [0.15, 0.2) is 16.7 Å². The van der Waals surface area contributed by atoms with Crippen LogP contribution in [0, 0.1) is 5.82 Å². The van der Waals surface area contributed by atoms with Crippen LogP contribution in [0.5, 0.6) is 5.75 Å². The van der Waals surface area contributed by atoms with E-state index in [0.717, 1.165) is 16.2 Å². The van der Waals surface area contributed by atoms with E-state index < -0.39 is 30.1 Å². The fourth-order valence-electron chi connectivity index (χ4n) is 2.97. The summed E-state index contributed by atoms with van der Waals surface area (Å²) >= 11 is 1.15. The molecule has 0 spiro atoms. The van der Waals surface area contributed by atoms with Gasteiger partial charge in [-0.25, -0.2) is 9.37 Å². The molecule has 0 radical (unpaired) electrons. The number of halogens is 1. The maximum Gasteiger partial charge on any atom is 0.262 e. The van der Waals surface area contributed by atoms with E-state index in [1.54, 1.807) is 35.7 Å². The van der Waals surface area contributed by atoms with Gasteiger partial charge in [-0.3, -0.25) is 19.3 Å². The van der Waals surface area contributed by atoms with Gasteiger partial charge in [-0.2, -0.15) is 0 Å². The van der Waals surface area contributed by atoms with E-state index in [9.17, 15) is 18.8 Å². The summed E-state index contributed by atoms with van der Waals surface area (Å²) in [6.45, 7) is -0.418. The van der Waals surface area contributed by atoms with Crippen molar-refractivity contribution in [3.05, 3.63) is 64.8 Å². The second-order valence-corrected chi connectivity index (χ2v) is 7.04. The summed E-state index contributed by atoms with van der Waals surface area (Å²) in [6, 6.07) is 10.9. The fraction of sp³-hybridized carbons (Fsp3) is 0.100. The Bertz CT molecular complexity index is 1110. The molecule has 1 aliphatic rings. The molecule has 3 amide bonds. The number of anilines is 1. The molecule has 2 aromatic carbocycles. The lowest BCUT2D eigenvalue weighted by Crippen LogP contribution is -2.37. The summed E-state index contributed by atoms with van der Waals surface area (Å²) in [6.07, 6.45) is 0. The number of methoxy groups -OCH3 is 1. The molecule has 0 unspecified atom stereocenters. The number of imide groups is 1. The highest BCUT2D eigenvalue weighted by molar-refractivity contribution is 7.14. The Balaban J connectivity index is 1.45. The molecule has 0 aliphatic carbocycles. The van der Waals surface area contributed by atoms with Crippen molar-refractivity contribution in [2.45, 2.75) is 0 Å². The Morgan fingerprint density at radius 1 is 1.17 bits per heavy atom. The third-order valence-electron chi connectivity index (χ3n) is 4.38. The van der Waals surface area contributed by atoms with Crippen molar-refractivity contribution in [2.24, 2.45) is 0 Å². The van der Waals surface area contributed by atoms with Gasteiger partial charge in [0, 0.05) is 10.9 Å². The predicted octanol–water partition coefficient (Wildman–Crippen LogP) is 3.19. The number of nitrogens with zero attached hydrogens (tertiary/aromatic N) is 2. The van der Waals surface area contributed by atoms with Crippen molar-refractivity contribution in [1.29, 1.82) is 0 Å². The van der Waals surface area contributed by atoms with Crippen molar-refractivity contribution in [3.63, 3.8) is 0 Å². The number of carbonyl (C=O) groups is 3. The Morgan fingerprint density at radius 2 is 1.86 bits per heavy atom. The minimum absolute atomic E-state index is 0.124. The van der Waals surface area contributed by atoms with E-state index in [2.05, 4.69) is 10.3 Å². The van der Waals surface area contributed by atoms with Crippen LogP contribution in [0.25, 0.3) is 11.3 Å². The minimum Gasteiger partial charge on any atom is -0.494 e. The summed E-state index contributed by atoms with van der Waals surface area (Å²) in [5.74, 6) is -1.96. The van der Waals surface area contributed by atoms with Gasteiger partial charge in [0.2, 0.25) is 5.91 Å². The number of hydrogen-bond donors (Lipinski definition) is 1. The Kier molecular flexibility index (Phi) is 4.81. The second kappa shape index (κ2) is 7.44. The number of amides is 3. The van der Waals surface area contributed by atoms with Crippen LogP contribution in [0.2, 0.25) is 0 Å². The molecule has 0 saturated heterocycles. The van der Waals surface area contributed by atoms with Crippen LogP contribution in [0.15, 0.2) is 47.8 Å². The maximum absolute atomic E-state index is 13.9. The second-order valence-electron chi connectivity index (χ2n) is 6.18. The number of nitrogens with one attached hydrogen (secondary N) is 1. The molecule has 1 N–H and O–H groups in total. The largest absolute Gasteiger partial charge is 0.494 e. The molecule has 146 valence electrons. The van der Waals surface area contributed by atoms with Crippen LogP contribution in [0.4, 0.5) is 9.52 Å². The summed E-state index contributed by atoms with van der Waals surface area (Å²) < 4.78 is 18.8. The monoisotopic (exact) mass is 411 g/mol. The summed E-state index contributed by atoms with van der Waals surface area (Å²) in [5.41, 5.74) is 1.57. The first-order valence-electron chi connectivity index (χ1n) is 8.52. The number of rotatable bonds is 5. The lowest BCUT2D eigenvalue weighted by molar-refractivity contribution is -0.116. The van der Waals surface area contributed by atoms with Gasteiger partial charge >= 0.3 is 0 Å². The molecule has 9 heteroatoms. The van der Waals surface area contributed by atoms with Gasteiger partial charge in [0.25, 0.3) is 11.8 Å². The standard InChI is InChI=1S/C20H14FN3O4S/c1-28-16-7-6-11(8-14(16)21)15-10-29-20(22-15)23-17(25)9-24-18(26)12-4-2-3-5-13(12)19(24)27/h2-8,10H,9H2,1H3,(H,22,23,25). The van der Waals surface area contributed by atoms with E-state index in [0.29, 0.717) is 11.3 Å². The number of aromatic nitrogens is 1. The predicted molar refractivity (Wildman–Crippen MR) is 104 cm³/mol. The highest BCUT2D eigenvalue weighted by atomic mass is 32.1. The lowest BCUT2D eigenvalue weighted by atomic mass is 10.1. The molecule has 29 heavy (non-hydrogen) atoms. The number of carbonyl (C=O) groups excluding carboxylic acids is 3. The zero-order valence-electron chi connectivity index (χ0n) is 15.1. The fourth-order valence-corrected chi connectivity index (χ4v) is 3.71. The van der Waals surface area contributed by atoms with Gasteiger partial charge in [0.05, 0.1) is 23.9 Å². The molecule has 0 fully saturated rings. The Morgan fingerprint density at radius 3 is 2.48 bits per heavy atom. The minimum atomic E-state index is -0.554. The van der Waals surface area contributed by atoms with Gasteiger partial charge in [-0.1, -0.05) is 12.1 Å². The quantitative estimate of drug-likeness (QED) is 0.652. The third-order valence-corrected chi connectivity index (χ3v) is 5.14. The first-order chi connectivity index (χ1) is 14.0. The van der Waals surface area contributed by atoms with Gasteiger partial charge < -0.3 is 10.1 Å². The normalized spacial score (nSPS) is 12.8. The topological polar surface area (TPSA) is 88.6 Å². The third kappa shape index (κ3) is 3.47. The van der Waals surface area contributed by atoms with E-state index in [1.165, 1.54) is 19.2 Å². The average Bonchev–Trinajstić information content (AvgIpc) is 3.27. The maximum atomic E-state index is 13.9. The van der Waals surface area contributed by atoms with Gasteiger partial charge in [-0.15, -0.1) is 11.3 Å². The molecule has 1 aliphatic heterocycles. The van der Waals surface area contributed by atoms with E-state index >= 15 is 0 Å². The molecule has 2 heterocycles. The van der Waals surface area contributed by atoms with Crippen LogP contribution in [-0.2, 0) is 4.79 Å². The number of benzene rings is 2. The molecule has 3 aromatic rings. The molecule has 0 atom stereocenters. The molecule has 7 nitrogen and oxygen atoms in total. The smallest absolute Gasteiger partial charge is 0.262 e. The Labute approximate surface area is 168 Å². The van der Waals surface area contributed by atoms with Crippen molar-refractivity contribution in [1.82, 2.24) is 9.88 Å². The highest BCUT2D eigenvalue weighted by Crippen LogP contribution is 2.28. The van der Waals surface area contributed by atoms with Crippen LogP contribution >= 0.6 is 11.3 Å². The number of hydrogen-bond acceptors (Lipinski definition) is 6. The summed E-state index contributed by atoms with van der Waals surface area (Å²) in [4.78, 5) is 42.2. The number of thiazole rings is 1. The van der Waals surface area contributed by atoms with Crippen molar-refractivity contribution in [2.75, 3.05) is 19.0 Å². The molecule has 0 bridgehead atoms. The van der Waals surface area contributed by atoms with Crippen LogP contribution in [0.1, 0.15) is 20.7 Å². The first-order valence-corrected chi connectivity index (χ1v) is 9.40. The van der Waals surface area contributed by atoms with Crippen LogP contribution < -0.4 is 10.1 Å². The average molecular weight is 411 g/mol. The lowest BCUT2D eigenvalue weighted by Gasteiger charge is -2.12.